The average molecular weight is 548 g/mol. The largest absolute Gasteiger partial charge is 0.416 e. The molecule has 4 N–H and O–H groups in total. The number of hydrogen-bond donors (Lipinski definition) is 4. The molecule has 1 saturated heterocycles. The first-order chi connectivity index (χ1) is 18.5. The van der Waals surface area contributed by atoms with E-state index >= 15 is 0 Å². The Bertz CT molecular complexity index is 1200. The van der Waals surface area contributed by atoms with Crippen molar-refractivity contribution in [1.29, 1.82) is 0 Å². The van der Waals surface area contributed by atoms with Gasteiger partial charge < -0.3 is 26.0 Å². The second-order valence-electron chi connectivity index (χ2n) is 10.1. The van der Waals surface area contributed by atoms with Crippen LogP contribution in [-0.4, -0.2) is 71.5 Å². The third kappa shape index (κ3) is 6.93. The minimum absolute atomic E-state index is 0.0641. The van der Waals surface area contributed by atoms with E-state index in [0.29, 0.717) is 50.0 Å². The number of amides is 3. The number of nitrogens with zero attached hydrogens (tertiary/aromatic N) is 2. The Morgan fingerprint density at radius 2 is 1.79 bits per heavy atom. The van der Waals surface area contributed by atoms with Crippen molar-refractivity contribution in [3.63, 3.8) is 0 Å². The number of benzene rings is 1. The number of carbonyl (C=O) groups is 3. The van der Waals surface area contributed by atoms with Crippen molar-refractivity contribution in [3.05, 3.63) is 65.0 Å². The summed E-state index contributed by atoms with van der Waals surface area (Å²) in [6, 6.07) is 7.63. The van der Waals surface area contributed by atoms with Crippen LogP contribution in [0, 0.1) is 0 Å². The lowest BCUT2D eigenvalue weighted by molar-refractivity contribution is -0.137. The third-order valence-electron chi connectivity index (χ3n) is 7.41. The molecule has 0 spiro atoms. The van der Waals surface area contributed by atoms with Gasteiger partial charge in [-0.1, -0.05) is 6.07 Å². The second-order valence-corrected chi connectivity index (χ2v) is 10.1. The number of aliphatic hydroxyl groups is 1. The first-order valence-electron chi connectivity index (χ1n) is 12.9. The van der Waals surface area contributed by atoms with E-state index in [2.05, 4.69) is 20.9 Å². The van der Waals surface area contributed by atoms with Crippen molar-refractivity contribution in [3.8, 4) is 0 Å². The molecule has 2 heterocycles. The topological polar surface area (TPSA) is 124 Å². The van der Waals surface area contributed by atoms with Gasteiger partial charge in [-0.2, -0.15) is 13.2 Å². The maximum absolute atomic E-state index is 12.9. The fourth-order valence-electron chi connectivity index (χ4n) is 5.13. The first-order valence-corrected chi connectivity index (χ1v) is 12.9. The number of aromatic nitrogens is 1. The maximum Gasteiger partial charge on any atom is 0.416 e. The maximum atomic E-state index is 12.9. The molecule has 1 aliphatic heterocycles. The van der Waals surface area contributed by atoms with Crippen LogP contribution in [0.5, 0.6) is 0 Å². The quantitative estimate of drug-likeness (QED) is 0.422. The monoisotopic (exact) mass is 547 g/mol. The Morgan fingerprint density at radius 1 is 1.05 bits per heavy atom. The summed E-state index contributed by atoms with van der Waals surface area (Å²) in [7, 11) is 1.54. The van der Waals surface area contributed by atoms with Crippen molar-refractivity contribution in [2.45, 2.75) is 56.0 Å². The predicted molar refractivity (Wildman–Crippen MR) is 136 cm³/mol. The molecule has 1 aliphatic carbocycles. The molecule has 9 nitrogen and oxygen atoms in total. The Balaban J connectivity index is 1.21. The van der Waals surface area contributed by atoms with Gasteiger partial charge in [-0.05, 0) is 62.4 Å². The van der Waals surface area contributed by atoms with E-state index in [-0.39, 0.29) is 36.0 Å². The van der Waals surface area contributed by atoms with Gasteiger partial charge in [-0.3, -0.25) is 19.4 Å². The van der Waals surface area contributed by atoms with Crippen molar-refractivity contribution in [2.75, 3.05) is 26.7 Å². The molecule has 1 atom stereocenters. The zero-order valence-electron chi connectivity index (χ0n) is 21.6. The number of carbonyl (C=O) groups excluding carboxylic acids is 3. The summed E-state index contributed by atoms with van der Waals surface area (Å²) in [4.78, 5) is 42.5. The minimum atomic E-state index is -4.56. The van der Waals surface area contributed by atoms with Gasteiger partial charge in [0.2, 0.25) is 5.91 Å². The number of nitrogens with one attached hydrogen (secondary N) is 3. The van der Waals surface area contributed by atoms with Crippen LogP contribution in [0.15, 0.2) is 42.6 Å². The molecule has 1 aromatic carbocycles. The smallest absolute Gasteiger partial charge is 0.384 e. The number of pyridine rings is 1. The van der Waals surface area contributed by atoms with Gasteiger partial charge in [0.1, 0.15) is 5.60 Å². The molecule has 0 bridgehead atoms. The van der Waals surface area contributed by atoms with E-state index in [0.717, 1.165) is 24.6 Å². The number of likely N-dealkylation sites (tertiary alicyclic amines) is 1. The zero-order chi connectivity index (χ0) is 28.2. The lowest BCUT2D eigenvalue weighted by atomic mass is 9.79. The van der Waals surface area contributed by atoms with Crippen molar-refractivity contribution >= 4 is 17.7 Å². The number of hydrogen-bond acceptors (Lipinski definition) is 6. The Kier molecular flexibility index (Phi) is 8.55. The van der Waals surface area contributed by atoms with Gasteiger partial charge in [-0.15, -0.1) is 0 Å². The molecule has 2 fully saturated rings. The van der Waals surface area contributed by atoms with E-state index < -0.39 is 23.2 Å². The van der Waals surface area contributed by atoms with Crippen LogP contribution in [0.3, 0.4) is 0 Å². The van der Waals surface area contributed by atoms with Crippen molar-refractivity contribution in [1.82, 2.24) is 25.8 Å². The summed E-state index contributed by atoms with van der Waals surface area (Å²) in [6.07, 6.45) is 0.0812. The first kappa shape index (κ1) is 28.5. The van der Waals surface area contributed by atoms with Crippen molar-refractivity contribution in [2.24, 2.45) is 0 Å². The molecule has 1 unspecified atom stereocenters. The van der Waals surface area contributed by atoms with E-state index in [4.69, 9.17) is 0 Å². The molecule has 3 amide bonds. The lowest BCUT2D eigenvalue weighted by Crippen LogP contribution is -2.46. The highest BCUT2D eigenvalue weighted by molar-refractivity contribution is 5.96. The molecule has 0 radical (unpaired) electrons. The summed E-state index contributed by atoms with van der Waals surface area (Å²) in [5, 5.41) is 19.6. The molecule has 39 heavy (non-hydrogen) atoms. The Morgan fingerprint density at radius 3 is 2.44 bits per heavy atom. The van der Waals surface area contributed by atoms with Crippen LogP contribution in [0.4, 0.5) is 13.2 Å². The van der Waals surface area contributed by atoms with Crippen molar-refractivity contribution < 1.29 is 32.7 Å². The molecule has 2 aliphatic rings. The molecule has 2 aromatic rings. The minimum Gasteiger partial charge on any atom is -0.384 e. The molecule has 1 aromatic heterocycles. The molecule has 4 rings (SSSR count). The third-order valence-corrected chi connectivity index (χ3v) is 7.41. The molecule has 12 heteroatoms. The van der Waals surface area contributed by atoms with Crippen LogP contribution in [0.25, 0.3) is 0 Å². The highest BCUT2D eigenvalue weighted by atomic mass is 19.4. The van der Waals surface area contributed by atoms with Gasteiger partial charge >= 0.3 is 6.18 Å². The summed E-state index contributed by atoms with van der Waals surface area (Å²) >= 11 is 0. The fourth-order valence-corrected chi connectivity index (χ4v) is 5.13. The fraction of sp³-hybridized carbons (Fsp3) is 0.481. The highest BCUT2D eigenvalue weighted by Gasteiger charge is 2.37. The number of alkyl halides is 3. The predicted octanol–water partition coefficient (Wildman–Crippen LogP) is 2.21. The summed E-state index contributed by atoms with van der Waals surface area (Å²) in [5.41, 5.74) is -1.18. The summed E-state index contributed by atoms with van der Waals surface area (Å²) < 4.78 is 38.7. The lowest BCUT2D eigenvalue weighted by Gasteiger charge is -2.37. The van der Waals surface area contributed by atoms with Gasteiger partial charge in [0.15, 0.2) is 0 Å². The molecule has 210 valence electrons. The van der Waals surface area contributed by atoms with Crippen LogP contribution in [0.1, 0.15) is 64.1 Å². The highest BCUT2D eigenvalue weighted by Crippen LogP contribution is 2.36. The van der Waals surface area contributed by atoms with Crippen LogP contribution in [-0.2, 0) is 16.6 Å². The SMILES string of the molecule is CNC(=O)c1ccc(C2(O)CCC(NC3CCN(C(=O)CNC(=O)c4cccc(C(F)(F)F)c4)C3)CC2)nc1. The van der Waals surface area contributed by atoms with Gasteiger partial charge in [0.05, 0.1) is 23.4 Å². The Labute approximate surface area is 224 Å². The van der Waals surface area contributed by atoms with Gasteiger partial charge in [0, 0.05) is 44.0 Å². The van der Waals surface area contributed by atoms with E-state index in [9.17, 15) is 32.7 Å². The van der Waals surface area contributed by atoms with E-state index in [1.165, 1.54) is 12.3 Å². The number of rotatable bonds is 7. The number of halogens is 3. The Hall–Kier alpha value is -3.51. The van der Waals surface area contributed by atoms with Gasteiger partial charge in [0.25, 0.3) is 11.8 Å². The van der Waals surface area contributed by atoms with Gasteiger partial charge in [-0.25, -0.2) is 0 Å². The molecular formula is C27H32F3N5O4. The standard InChI is InChI=1S/C27H32F3N5O4/c1-31-24(37)18-5-6-22(32-14-18)26(39)10-7-20(8-11-26)34-21-9-12-35(16-21)23(36)15-33-25(38)17-3-2-4-19(13-17)27(28,29)30/h2-6,13-14,20-21,34,39H,7-12,15-16H2,1H3,(H,31,37)(H,33,38). The van der Waals surface area contributed by atoms with Crippen LogP contribution < -0.4 is 16.0 Å². The van der Waals surface area contributed by atoms with Crippen LogP contribution >= 0.6 is 0 Å². The molecular weight excluding hydrogens is 515 g/mol. The molecule has 1 saturated carbocycles. The van der Waals surface area contributed by atoms with E-state index in [1.807, 2.05) is 0 Å². The second kappa shape index (κ2) is 11.7. The van der Waals surface area contributed by atoms with E-state index in [1.54, 1.807) is 24.1 Å². The normalized spacial score (nSPS) is 23.4. The average Bonchev–Trinajstić information content (AvgIpc) is 3.40. The summed E-state index contributed by atoms with van der Waals surface area (Å²) in [6.45, 7) is 0.666. The zero-order valence-corrected chi connectivity index (χ0v) is 21.6. The summed E-state index contributed by atoms with van der Waals surface area (Å²) in [5.74, 6) is -1.28. The van der Waals surface area contributed by atoms with Crippen LogP contribution in [0.2, 0.25) is 0 Å².